The normalized spacial score (nSPS) is 15.3. The van der Waals surface area contributed by atoms with Crippen molar-refractivity contribution in [3.05, 3.63) is 58.9 Å². The number of rotatable bonds is 4. The molecule has 2 N–H and O–H groups in total. The quantitative estimate of drug-likeness (QED) is 0.894. The molecule has 126 valence electrons. The predicted molar refractivity (Wildman–Crippen MR) is 92.7 cm³/mol. The van der Waals surface area contributed by atoms with E-state index in [2.05, 4.69) is 10.3 Å². The highest BCUT2D eigenvalue weighted by Gasteiger charge is 2.28. The van der Waals surface area contributed by atoms with Crippen LogP contribution in [0.2, 0.25) is 5.02 Å². The minimum atomic E-state index is -0.0648. The number of halogens is 1. The van der Waals surface area contributed by atoms with Gasteiger partial charge >= 0.3 is 0 Å². The molecule has 0 unspecified atom stereocenters. The Morgan fingerprint density at radius 3 is 2.54 bits per heavy atom. The van der Waals surface area contributed by atoms with E-state index in [0.29, 0.717) is 43.2 Å². The molecule has 2 aromatic rings. The minimum absolute atomic E-state index is 0.0370. The van der Waals surface area contributed by atoms with Crippen LogP contribution in [0.25, 0.3) is 0 Å². The van der Waals surface area contributed by atoms with Crippen molar-refractivity contribution in [2.45, 2.75) is 19.4 Å². The van der Waals surface area contributed by atoms with Crippen molar-refractivity contribution in [3.63, 3.8) is 0 Å². The molecule has 5 nitrogen and oxygen atoms in total. The number of hydrogen-bond acceptors (Lipinski definition) is 2. The fourth-order valence-corrected chi connectivity index (χ4v) is 3.10. The Labute approximate surface area is 146 Å². The van der Waals surface area contributed by atoms with Crippen molar-refractivity contribution in [2.24, 2.45) is 5.92 Å². The van der Waals surface area contributed by atoms with Gasteiger partial charge in [0.2, 0.25) is 5.91 Å². The molecule has 0 atom stereocenters. The van der Waals surface area contributed by atoms with Crippen LogP contribution in [-0.4, -0.2) is 34.8 Å². The molecule has 6 heteroatoms. The number of aromatic nitrogens is 1. The summed E-state index contributed by atoms with van der Waals surface area (Å²) in [6, 6.07) is 11.5. The van der Waals surface area contributed by atoms with Gasteiger partial charge in [-0.2, -0.15) is 0 Å². The van der Waals surface area contributed by atoms with Gasteiger partial charge in [-0.05, 0) is 24.5 Å². The van der Waals surface area contributed by atoms with Crippen molar-refractivity contribution >= 4 is 23.4 Å². The molecule has 1 aromatic heterocycles. The second kappa shape index (κ2) is 7.53. The number of amides is 2. The summed E-state index contributed by atoms with van der Waals surface area (Å²) >= 11 is 5.84. The number of piperidine rings is 1. The van der Waals surface area contributed by atoms with Crippen LogP contribution in [0.4, 0.5) is 0 Å². The van der Waals surface area contributed by atoms with Crippen LogP contribution >= 0.6 is 11.6 Å². The molecular weight excluding hydrogens is 326 g/mol. The maximum Gasteiger partial charge on any atom is 0.270 e. The molecule has 0 saturated carbocycles. The predicted octanol–water partition coefficient (Wildman–Crippen LogP) is 2.84. The zero-order chi connectivity index (χ0) is 16.9. The van der Waals surface area contributed by atoms with E-state index in [0.717, 1.165) is 5.56 Å². The van der Waals surface area contributed by atoms with Crippen LogP contribution in [0.3, 0.4) is 0 Å². The minimum Gasteiger partial charge on any atom is -0.356 e. The standard InChI is InChI=1S/C18H20ClN3O2/c19-15-10-16(20-12-15)18(24)22-8-6-14(7-9-22)17(23)21-11-13-4-2-1-3-5-13/h1-5,10,12,14,20H,6-9,11H2,(H,21,23). The smallest absolute Gasteiger partial charge is 0.270 e. The lowest BCUT2D eigenvalue weighted by molar-refractivity contribution is -0.126. The Balaban J connectivity index is 1.47. The number of benzene rings is 1. The zero-order valence-corrected chi connectivity index (χ0v) is 14.1. The second-order valence-corrected chi connectivity index (χ2v) is 6.44. The summed E-state index contributed by atoms with van der Waals surface area (Å²) in [5.74, 6) is -0.0381. The Hall–Kier alpha value is -2.27. The molecule has 0 radical (unpaired) electrons. The summed E-state index contributed by atoms with van der Waals surface area (Å²) in [6.07, 6.45) is 2.96. The van der Waals surface area contributed by atoms with E-state index in [1.165, 1.54) is 0 Å². The molecule has 3 rings (SSSR count). The number of hydrogen-bond donors (Lipinski definition) is 2. The molecule has 0 bridgehead atoms. The van der Waals surface area contributed by atoms with Crippen LogP contribution < -0.4 is 5.32 Å². The number of carbonyl (C=O) groups is 2. The van der Waals surface area contributed by atoms with E-state index in [1.807, 2.05) is 30.3 Å². The van der Waals surface area contributed by atoms with Crippen LogP contribution in [0.5, 0.6) is 0 Å². The van der Waals surface area contributed by atoms with E-state index < -0.39 is 0 Å². The van der Waals surface area contributed by atoms with Gasteiger partial charge in [-0.3, -0.25) is 9.59 Å². The van der Waals surface area contributed by atoms with Gasteiger partial charge in [0.25, 0.3) is 5.91 Å². The van der Waals surface area contributed by atoms with Crippen LogP contribution in [-0.2, 0) is 11.3 Å². The van der Waals surface area contributed by atoms with Crippen molar-refractivity contribution < 1.29 is 9.59 Å². The van der Waals surface area contributed by atoms with Gasteiger partial charge in [-0.25, -0.2) is 0 Å². The molecule has 2 amide bonds. The molecule has 24 heavy (non-hydrogen) atoms. The fraction of sp³-hybridized carbons (Fsp3) is 0.333. The topological polar surface area (TPSA) is 65.2 Å². The summed E-state index contributed by atoms with van der Waals surface area (Å²) in [7, 11) is 0. The number of carbonyl (C=O) groups excluding carboxylic acids is 2. The Morgan fingerprint density at radius 2 is 1.92 bits per heavy atom. The molecule has 1 aliphatic heterocycles. The average Bonchev–Trinajstić information content (AvgIpc) is 3.06. The van der Waals surface area contributed by atoms with Crippen LogP contribution in [0, 0.1) is 5.92 Å². The molecular formula is C18H20ClN3O2. The van der Waals surface area contributed by atoms with E-state index in [4.69, 9.17) is 11.6 Å². The lowest BCUT2D eigenvalue weighted by Gasteiger charge is -2.31. The van der Waals surface area contributed by atoms with Crippen molar-refractivity contribution in [1.29, 1.82) is 0 Å². The first-order chi connectivity index (χ1) is 11.6. The van der Waals surface area contributed by atoms with Gasteiger partial charge in [0.15, 0.2) is 0 Å². The summed E-state index contributed by atoms with van der Waals surface area (Å²) in [5, 5.41) is 3.50. The second-order valence-electron chi connectivity index (χ2n) is 6.00. The van der Waals surface area contributed by atoms with E-state index in [9.17, 15) is 9.59 Å². The maximum atomic E-state index is 12.3. The molecule has 1 saturated heterocycles. The van der Waals surface area contributed by atoms with Gasteiger partial charge in [0.05, 0.1) is 5.02 Å². The Morgan fingerprint density at radius 1 is 1.21 bits per heavy atom. The molecule has 1 fully saturated rings. The summed E-state index contributed by atoms with van der Waals surface area (Å²) in [6.45, 7) is 1.71. The third-order valence-electron chi connectivity index (χ3n) is 4.34. The van der Waals surface area contributed by atoms with Crippen molar-refractivity contribution in [2.75, 3.05) is 13.1 Å². The molecule has 0 spiro atoms. The van der Waals surface area contributed by atoms with Gasteiger partial charge in [0, 0.05) is 31.7 Å². The summed E-state index contributed by atoms with van der Waals surface area (Å²) in [5.41, 5.74) is 1.58. The highest BCUT2D eigenvalue weighted by atomic mass is 35.5. The highest BCUT2D eigenvalue weighted by Crippen LogP contribution is 2.20. The molecule has 2 heterocycles. The summed E-state index contributed by atoms with van der Waals surface area (Å²) in [4.78, 5) is 29.3. The SMILES string of the molecule is O=C(NCc1ccccc1)C1CCN(C(=O)c2cc(Cl)c[nH]2)CC1. The summed E-state index contributed by atoms with van der Waals surface area (Å²) < 4.78 is 0. The maximum absolute atomic E-state index is 12.3. The number of H-pyrrole nitrogens is 1. The van der Waals surface area contributed by atoms with E-state index in [1.54, 1.807) is 17.2 Å². The van der Waals surface area contributed by atoms with Gasteiger partial charge in [-0.1, -0.05) is 41.9 Å². The van der Waals surface area contributed by atoms with E-state index in [-0.39, 0.29) is 17.7 Å². The molecule has 0 aliphatic carbocycles. The van der Waals surface area contributed by atoms with Crippen LogP contribution in [0.15, 0.2) is 42.6 Å². The van der Waals surface area contributed by atoms with Gasteiger partial charge in [0.1, 0.15) is 5.69 Å². The van der Waals surface area contributed by atoms with Gasteiger partial charge < -0.3 is 15.2 Å². The third kappa shape index (κ3) is 3.97. The number of aromatic amines is 1. The largest absolute Gasteiger partial charge is 0.356 e. The first-order valence-electron chi connectivity index (χ1n) is 8.08. The number of nitrogens with one attached hydrogen (secondary N) is 2. The first-order valence-corrected chi connectivity index (χ1v) is 8.46. The van der Waals surface area contributed by atoms with Crippen LogP contribution in [0.1, 0.15) is 28.9 Å². The Kier molecular flexibility index (Phi) is 5.20. The lowest BCUT2D eigenvalue weighted by atomic mass is 9.95. The molecule has 1 aromatic carbocycles. The van der Waals surface area contributed by atoms with Crippen molar-refractivity contribution in [1.82, 2.24) is 15.2 Å². The van der Waals surface area contributed by atoms with Gasteiger partial charge in [-0.15, -0.1) is 0 Å². The zero-order valence-electron chi connectivity index (χ0n) is 13.3. The van der Waals surface area contributed by atoms with E-state index >= 15 is 0 Å². The Bertz CT molecular complexity index is 706. The van der Waals surface area contributed by atoms with Crippen molar-refractivity contribution in [3.8, 4) is 0 Å². The number of likely N-dealkylation sites (tertiary alicyclic amines) is 1. The molecule has 1 aliphatic rings. The monoisotopic (exact) mass is 345 g/mol. The lowest BCUT2D eigenvalue weighted by Crippen LogP contribution is -2.43. The fourth-order valence-electron chi connectivity index (χ4n) is 2.94. The average molecular weight is 346 g/mol. The first kappa shape index (κ1) is 16.6. The third-order valence-corrected chi connectivity index (χ3v) is 4.56. The highest BCUT2D eigenvalue weighted by molar-refractivity contribution is 6.30. The number of nitrogens with zero attached hydrogens (tertiary/aromatic N) is 1.